The maximum atomic E-state index is 9.06. The summed E-state index contributed by atoms with van der Waals surface area (Å²) in [4.78, 5) is 8.30. The average Bonchev–Trinajstić information content (AvgIpc) is 2.75. The normalized spacial score (nSPS) is 10.1. The number of aryl methyl sites for hydroxylation is 2. The summed E-state index contributed by atoms with van der Waals surface area (Å²) in [6.07, 6.45) is 4.06. The molecule has 92 valence electrons. The Morgan fingerprint density at radius 3 is 2.94 bits per heavy atom. The van der Waals surface area contributed by atoms with Crippen LogP contribution < -0.4 is 5.32 Å². The SMILES string of the molecule is Cc1ccnc(NCCc2ncn(C)n2)c1C#N. The van der Waals surface area contributed by atoms with Gasteiger partial charge in [-0.05, 0) is 18.6 Å². The molecule has 0 amide bonds. The van der Waals surface area contributed by atoms with Gasteiger partial charge in [0.15, 0.2) is 5.82 Å². The highest BCUT2D eigenvalue weighted by atomic mass is 15.3. The van der Waals surface area contributed by atoms with Gasteiger partial charge >= 0.3 is 0 Å². The minimum absolute atomic E-state index is 0.589. The summed E-state index contributed by atoms with van der Waals surface area (Å²) in [5, 5.41) is 16.4. The molecule has 2 heterocycles. The number of nitrogens with one attached hydrogen (secondary N) is 1. The first-order valence-electron chi connectivity index (χ1n) is 5.65. The third-order valence-corrected chi connectivity index (χ3v) is 2.56. The summed E-state index contributed by atoms with van der Waals surface area (Å²) < 4.78 is 1.67. The number of hydrogen-bond donors (Lipinski definition) is 1. The second kappa shape index (κ2) is 5.27. The van der Waals surface area contributed by atoms with Crippen LogP contribution in [-0.4, -0.2) is 26.3 Å². The van der Waals surface area contributed by atoms with Crippen LogP contribution in [0, 0.1) is 18.3 Å². The Labute approximate surface area is 105 Å². The maximum absolute atomic E-state index is 9.06. The van der Waals surface area contributed by atoms with E-state index in [1.807, 2.05) is 20.0 Å². The molecule has 2 rings (SSSR count). The molecule has 2 aromatic rings. The van der Waals surface area contributed by atoms with Gasteiger partial charge in [0.25, 0.3) is 0 Å². The zero-order valence-corrected chi connectivity index (χ0v) is 10.4. The van der Waals surface area contributed by atoms with E-state index in [0.29, 0.717) is 24.3 Å². The topological polar surface area (TPSA) is 79.4 Å². The lowest BCUT2D eigenvalue weighted by Crippen LogP contribution is -2.09. The van der Waals surface area contributed by atoms with E-state index in [4.69, 9.17) is 5.26 Å². The highest BCUT2D eigenvalue weighted by molar-refractivity contribution is 5.55. The Kier molecular flexibility index (Phi) is 3.53. The molecule has 0 bridgehead atoms. The van der Waals surface area contributed by atoms with E-state index in [9.17, 15) is 0 Å². The molecule has 0 saturated carbocycles. The predicted octanol–water partition coefficient (Wildman–Crippen LogP) is 1.04. The molecule has 0 fully saturated rings. The van der Waals surface area contributed by atoms with Gasteiger partial charge < -0.3 is 5.32 Å². The van der Waals surface area contributed by atoms with Crippen LogP contribution in [0.15, 0.2) is 18.6 Å². The lowest BCUT2D eigenvalue weighted by Gasteiger charge is -2.07. The molecule has 0 unspecified atom stereocenters. The fourth-order valence-corrected chi connectivity index (χ4v) is 1.62. The van der Waals surface area contributed by atoms with E-state index in [-0.39, 0.29) is 0 Å². The second-order valence-electron chi connectivity index (χ2n) is 3.97. The van der Waals surface area contributed by atoms with E-state index >= 15 is 0 Å². The molecule has 0 atom stereocenters. The summed E-state index contributed by atoms with van der Waals surface area (Å²) in [6.45, 7) is 2.54. The Morgan fingerprint density at radius 1 is 1.44 bits per heavy atom. The molecule has 6 heteroatoms. The molecule has 1 N–H and O–H groups in total. The largest absolute Gasteiger partial charge is 0.369 e. The molecule has 0 aliphatic heterocycles. The number of aromatic nitrogens is 4. The van der Waals surface area contributed by atoms with Gasteiger partial charge in [0.05, 0.1) is 5.56 Å². The summed E-state index contributed by atoms with van der Waals surface area (Å²) in [6, 6.07) is 3.98. The van der Waals surface area contributed by atoms with Gasteiger partial charge in [-0.1, -0.05) is 0 Å². The van der Waals surface area contributed by atoms with Crippen molar-refractivity contribution in [2.45, 2.75) is 13.3 Å². The van der Waals surface area contributed by atoms with E-state index in [0.717, 1.165) is 11.4 Å². The van der Waals surface area contributed by atoms with Crippen LogP contribution in [0.25, 0.3) is 0 Å². The van der Waals surface area contributed by atoms with Crippen LogP contribution in [0.4, 0.5) is 5.82 Å². The lowest BCUT2D eigenvalue weighted by molar-refractivity contribution is 0.741. The first-order valence-corrected chi connectivity index (χ1v) is 5.65. The van der Waals surface area contributed by atoms with Crippen molar-refractivity contribution in [3.05, 3.63) is 35.5 Å². The van der Waals surface area contributed by atoms with Crippen molar-refractivity contribution in [2.75, 3.05) is 11.9 Å². The summed E-state index contributed by atoms with van der Waals surface area (Å²) in [5.74, 6) is 1.39. The van der Waals surface area contributed by atoms with Crippen LogP contribution >= 0.6 is 0 Å². The van der Waals surface area contributed by atoms with Gasteiger partial charge in [-0.3, -0.25) is 4.68 Å². The molecular weight excluding hydrogens is 228 g/mol. The molecule has 0 aromatic carbocycles. The van der Waals surface area contributed by atoms with Crippen molar-refractivity contribution in [1.29, 1.82) is 5.26 Å². The number of hydrogen-bond acceptors (Lipinski definition) is 5. The van der Waals surface area contributed by atoms with E-state index < -0.39 is 0 Å². The Morgan fingerprint density at radius 2 is 2.28 bits per heavy atom. The van der Waals surface area contributed by atoms with Crippen molar-refractivity contribution < 1.29 is 0 Å². The number of nitriles is 1. The van der Waals surface area contributed by atoms with Crippen LogP contribution in [0.2, 0.25) is 0 Å². The molecule has 6 nitrogen and oxygen atoms in total. The van der Waals surface area contributed by atoms with E-state index in [1.54, 1.807) is 17.2 Å². The highest BCUT2D eigenvalue weighted by Gasteiger charge is 2.06. The smallest absolute Gasteiger partial charge is 0.152 e. The average molecular weight is 242 g/mol. The predicted molar refractivity (Wildman–Crippen MR) is 66.9 cm³/mol. The number of pyridine rings is 1. The molecule has 0 aliphatic carbocycles. The van der Waals surface area contributed by atoms with Crippen molar-refractivity contribution >= 4 is 5.82 Å². The van der Waals surface area contributed by atoms with Crippen LogP contribution in [0.3, 0.4) is 0 Å². The molecule has 0 saturated heterocycles. The van der Waals surface area contributed by atoms with Crippen LogP contribution in [0.1, 0.15) is 17.0 Å². The zero-order valence-electron chi connectivity index (χ0n) is 10.4. The standard InChI is InChI=1S/C12H14N6/c1-9-3-5-14-12(10(9)7-13)15-6-4-11-16-8-18(2)17-11/h3,5,8H,4,6H2,1-2H3,(H,14,15). The fraction of sp³-hybridized carbons (Fsp3) is 0.333. The number of rotatable bonds is 4. The quantitative estimate of drug-likeness (QED) is 0.866. The Balaban J connectivity index is 1.99. The Bertz CT molecular complexity index is 580. The molecular formula is C12H14N6. The van der Waals surface area contributed by atoms with Gasteiger partial charge in [-0.15, -0.1) is 0 Å². The van der Waals surface area contributed by atoms with Gasteiger partial charge in [-0.25, -0.2) is 9.97 Å². The molecule has 0 radical (unpaired) electrons. The van der Waals surface area contributed by atoms with Crippen LogP contribution in [0.5, 0.6) is 0 Å². The number of nitrogens with zero attached hydrogens (tertiary/aromatic N) is 5. The Hall–Kier alpha value is -2.42. The van der Waals surface area contributed by atoms with Crippen molar-refractivity contribution in [2.24, 2.45) is 7.05 Å². The summed E-state index contributed by atoms with van der Waals surface area (Å²) >= 11 is 0. The zero-order chi connectivity index (χ0) is 13.0. The molecule has 2 aromatic heterocycles. The third kappa shape index (κ3) is 2.63. The maximum Gasteiger partial charge on any atom is 0.152 e. The van der Waals surface area contributed by atoms with Crippen LogP contribution in [-0.2, 0) is 13.5 Å². The van der Waals surface area contributed by atoms with E-state index in [1.165, 1.54) is 0 Å². The lowest BCUT2D eigenvalue weighted by atomic mass is 10.1. The summed E-state index contributed by atoms with van der Waals surface area (Å²) in [5.41, 5.74) is 1.51. The van der Waals surface area contributed by atoms with Gasteiger partial charge in [0.2, 0.25) is 0 Å². The van der Waals surface area contributed by atoms with Gasteiger partial charge in [-0.2, -0.15) is 10.4 Å². The second-order valence-corrected chi connectivity index (χ2v) is 3.97. The monoisotopic (exact) mass is 242 g/mol. The first kappa shape index (κ1) is 12.0. The highest BCUT2D eigenvalue weighted by Crippen LogP contribution is 2.14. The fourth-order valence-electron chi connectivity index (χ4n) is 1.62. The summed E-state index contributed by atoms with van der Waals surface area (Å²) in [7, 11) is 1.83. The third-order valence-electron chi connectivity index (χ3n) is 2.56. The minimum atomic E-state index is 0.589. The van der Waals surface area contributed by atoms with Crippen molar-refractivity contribution in [1.82, 2.24) is 19.7 Å². The number of anilines is 1. The van der Waals surface area contributed by atoms with E-state index in [2.05, 4.69) is 26.5 Å². The van der Waals surface area contributed by atoms with Crippen molar-refractivity contribution in [3.8, 4) is 6.07 Å². The molecule has 0 aliphatic rings. The van der Waals surface area contributed by atoms with Gasteiger partial charge in [0.1, 0.15) is 18.2 Å². The first-order chi connectivity index (χ1) is 8.70. The van der Waals surface area contributed by atoms with Crippen molar-refractivity contribution in [3.63, 3.8) is 0 Å². The molecule has 0 spiro atoms. The van der Waals surface area contributed by atoms with Gasteiger partial charge in [0, 0.05) is 26.2 Å². The molecule has 18 heavy (non-hydrogen) atoms. The minimum Gasteiger partial charge on any atom is -0.369 e.